The Morgan fingerprint density at radius 2 is 1.79 bits per heavy atom. The molecule has 3 aromatic heterocycles. The maximum atomic E-state index is 14.0. The van der Waals surface area contributed by atoms with Gasteiger partial charge in [-0.05, 0) is 65.2 Å². The number of H-pyrrole nitrogens is 2. The van der Waals surface area contributed by atoms with Gasteiger partial charge in [-0.3, -0.25) is 19.1 Å². The molecule has 4 heterocycles. The number of benzene rings is 1. The van der Waals surface area contributed by atoms with Crippen LogP contribution < -0.4 is 16.3 Å². The highest BCUT2D eigenvalue weighted by molar-refractivity contribution is 5.94. The zero-order valence-corrected chi connectivity index (χ0v) is 25.2. The van der Waals surface area contributed by atoms with Crippen LogP contribution in [0.4, 0.5) is 4.79 Å². The molecule has 0 bridgehead atoms. The number of para-hydroxylation sites is 1. The predicted octanol–water partition coefficient (Wildman–Crippen LogP) is 3.40. The maximum Gasteiger partial charge on any atom is 0.408 e. The number of ether oxygens (including phenoxy) is 1. The van der Waals surface area contributed by atoms with Gasteiger partial charge in [0.25, 0.3) is 0 Å². The summed E-state index contributed by atoms with van der Waals surface area (Å²) in [4.78, 5) is 64.6. The molecule has 1 atom stereocenters. The summed E-state index contributed by atoms with van der Waals surface area (Å²) in [5.41, 5.74) is 1.01. The van der Waals surface area contributed by atoms with E-state index in [9.17, 15) is 19.2 Å². The number of alkyl carbamates (subject to hydrolysis) is 1. The maximum absolute atomic E-state index is 14.0. The first-order valence-electron chi connectivity index (χ1n) is 14.5. The summed E-state index contributed by atoms with van der Waals surface area (Å²) in [5.74, 6) is -0.731. The van der Waals surface area contributed by atoms with Gasteiger partial charge < -0.3 is 30.2 Å². The van der Waals surface area contributed by atoms with Gasteiger partial charge in [0.2, 0.25) is 11.8 Å². The van der Waals surface area contributed by atoms with E-state index < -0.39 is 29.2 Å². The topological polar surface area (TPSA) is 154 Å². The van der Waals surface area contributed by atoms with Crippen molar-refractivity contribution in [3.63, 3.8) is 0 Å². The molecule has 0 saturated carbocycles. The van der Waals surface area contributed by atoms with Gasteiger partial charge in [0.15, 0.2) is 0 Å². The lowest BCUT2D eigenvalue weighted by atomic mass is 9.98. The molecule has 43 heavy (non-hydrogen) atoms. The number of carbonyl (C=O) groups is 3. The van der Waals surface area contributed by atoms with Crippen molar-refractivity contribution in [1.29, 1.82) is 0 Å². The standard InChI is InChI=1S/C31H39N7O5/c1-30(2,3)43-29(42)36-31(4,5)27(40)34-23(16-19-17-33-22-9-7-6-8-21(19)22)26(39)37-14-11-20(12-15-37)38-25-10-13-32-18-24(25)35-28(38)41/h6-10,13,17-18,20,23,33H,11-12,14-16H2,1-5H3,(H,34,40)(H,35,41)(H,36,42). The first-order valence-corrected chi connectivity index (χ1v) is 14.5. The smallest absolute Gasteiger partial charge is 0.408 e. The Hall–Kier alpha value is -4.61. The fourth-order valence-corrected chi connectivity index (χ4v) is 5.58. The second-order valence-corrected chi connectivity index (χ2v) is 12.6. The number of nitrogens with one attached hydrogen (secondary N) is 4. The number of nitrogens with zero attached hydrogens (tertiary/aromatic N) is 3. The second-order valence-electron chi connectivity index (χ2n) is 12.6. The molecule has 4 aromatic rings. The third-order valence-electron chi connectivity index (χ3n) is 7.74. The highest BCUT2D eigenvalue weighted by Gasteiger charge is 2.37. The van der Waals surface area contributed by atoms with E-state index in [4.69, 9.17) is 4.74 Å². The molecule has 12 heteroatoms. The summed E-state index contributed by atoms with van der Waals surface area (Å²) in [6.07, 6.45) is 5.83. The van der Waals surface area contributed by atoms with Crippen molar-refractivity contribution >= 4 is 39.8 Å². The van der Waals surface area contributed by atoms with E-state index in [1.54, 1.807) is 56.5 Å². The van der Waals surface area contributed by atoms with Crippen molar-refractivity contribution < 1.29 is 19.1 Å². The van der Waals surface area contributed by atoms with Crippen LogP contribution in [0.25, 0.3) is 21.9 Å². The summed E-state index contributed by atoms with van der Waals surface area (Å²) >= 11 is 0. The SMILES string of the molecule is CC(C)(C)OC(=O)NC(C)(C)C(=O)NC(Cc1c[nH]c2ccccc12)C(=O)N1CCC(n2c(=O)[nH]c3cnccc32)CC1. The van der Waals surface area contributed by atoms with Crippen molar-refractivity contribution in [2.45, 2.75) is 77.1 Å². The van der Waals surface area contributed by atoms with Crippen molar-refractivity contribution in [3.8, 4) is 0 Å². The average Bonchev–Trinajstić information content (AvgIpc) is 3.50. The minimum atomic E-state index is -1.35. The zero-order chi connectivity index (χ0) is 30.9. The molecule has 1 fully saturated rings. The molecule has 0 radical (unpaired) electrons. The zero-order valence-electron chi connectivity index (χ0n) is 25.2. The Balaban J connectivity index is 1.34. The molecular weight excluding hydrogens is 550 g/mol. The third kappa shape index (κ3) is 6.58. The van der Waals surface area contributed by atoms with Gasteiger partial charge in [0, 0.05) is 48.8 Å². The van der Waals surface area contributed by atoms with Gasteiger partial charge in [0.05, 0.1) is 17.2 Å². The van der Waals surface area contributed by atoms with E-state index in [1.165, 1.54) is 0 Å². The summed E-state index contributed by atoms with van der Waals surface area (Å²) in [7, 11) is 0. The fourth-order valence-electron chi connectivity index (χ4n) is 5.58. The molecule has 3 amide bonds. The number of amides is 3. The Morgan fingerprint density at radius 3 is 2.51 bits per heavy atom. The van der Waals surface area contributed by atoms with Gasteiger partial charge in [-0.25, -0.2) is 9.59 Å². The van der Waals surface area contributed by atoms with E-state index in [-0.39, 0.29) is 24.1 Å². The monoisotopic (exact) mass is 589 g/mol. The molecule has 228 valence electrons. The molecule has 12 nitrogen and oxygen atoms in total. The highest BCUT2D eigenvalue weighted by Crippen LogP contribution is 2.26. The van der Waals surface area contributed by atoms with Crippen LogP contribution in [-0.2, 0) is 20.7 Å². The molecule has 1 aliphatic heterocycles. The Labute approximate surface area is 249 Å². The normalized spacial score (nSPS) is 15.4. The average molecular weight is 590 g/mol. The van der Waals surface area contributed by atoms with E-state index in [1.807, 2.05) is 36.5 Å². The lowest BCUT2D eigenvalue weighted by Crippen LogP contribution is -2.60. The number of carbonyl (C=O) groups excluding carboxylic acids is 3. The van der Waals surface area contributed by atoms with Crippen molar-refractivity contribution in [1.82, 2.24) is 35.1 Å². The predicted molar refractivity (Wildman–Crippen MR) is 163 cm³/mol. The summed E-state index contributed by atoms with van der Waals surface area (Å²) in [6, 6.07) is 8.63. The summed E-state index contributed by atoms with van der Waals surface area (Å²) in [5, 5.41) is 6.50. The molecule has 4 N–H and O–H groups in total. The summed E-state index contributed by atoms with van der Waals surface area (Å²) in [6.45, 7) is 9.21. The number of rotatable bonds is 7. The number of pyridine rings is 1. The summed E-state index contributed by atoms with van der Waals surface area (Å²) < 4.78 is 7.09. The van der Waals surface area contributed by atoms with Crippen molar-refractivity contribution in [2.75, 3.05) is 13.1 Å². The van der Waals surface area contributed by atoms with Crippen LogP contribution in [0, 0.1) is 0 Å². The molecular formula is C31H39N7O5. The van der Waals surface area contributed by atoms with Crippen LogP contribution in [0.15, 0.2) is 53.7 Å². The Morgan fingerprint density at radius 1 is 1.07 bits per heavy atom. The van der Waals surface area contributed by atoms with Gasteiger partial charge >= 0.3 is 11.8 Å². The Bertz CT molecular complexity index is 1700. The first kappa shape index (κ1) is 29.9. The number of fused-ring (bicyclic) bond motifs is 2. The number of imidazole rings is 1. The number of likely N-dealkylation sites (tertiary alicyclic amines) is 1. The molecule has 5 rings (SSSR count). The highest BCUT2D eigenvalue weighted by atomic mass is 16.6. The number of hydrogen-bond acceptors (Lipinski definition) is 6. The number of aromatic nitrogens is 4. The third-order valence-corrected chi connectivity index (χ3v) is 7.74. The molecule has 0 aliphatic carbocycles. The molecule has 1 unspecified atom stereocenters. The number of hydrogen-bond donors (Lipinski definition) is 4. The van der Waals surface area contributed by atoms with Crippen LogP contribution in [0.2, 0.25) is 0 Å². The molecule has 1 aliphatic rings. The van der Waals surface area contributed by atoms with Crippen LogP contribution in [0.3, 0.4) is 0 Å². The van der Waals surface area contributed by atoms with E-state index in [2.05, 4.69) is 25.6 Å². The number of aromatic amines is 2. The van der Waals surface area contributed by atoms with Gasteiger partial charge in [-0.2, -0.15) is 0 Å². The lowest BCUT2D eigenvalue weighted by Gasteiger charge is -2.36. The minimum Gasteiger partial charge on any atom is -0.444 e. The van der Waals surface area contributed by atoms with Gasteiger partial charge in [-0.15, -0.1) is 0 Å². The van der Waals surface area contributed by atoms with E-state index in [0.717, 1.165) is 22.0 Å². The Kier molecular flexibility index (Phi) is 8.04. The van der Waals surface area contributed by atoms with Crippen LogP contribution in [0.1, 0.15) is 59.1 Å². The van der Waals surface area contributed by atoms with Gasteiger partial charge in [-0.1, -0.05) is 18.2 Å². The van der Waals surface area contributed by atoms with E-state index >= 15 is 0 Å². The van der Waals surface area contributed by atoms with E-state index in [0.29, 0.717) is 31.4 Å². The lowest BCUT2D eigenvalue weighted by molar-refractivity contribution is -0.138. The van der Waals surface area contributed by atoms with Gasteiger partial charge in [0.1, 0.15) is 17.2 Å². The van der Waals surface area contributed by atoms with Crippen LogP contribution in [-0.4, -0.2) is 72.6 Å². The molecule has 1 saturated heterocycles. The largest absolute Gasteiger partial charge is 0.444 e. The quantitative estimate of drug-likeness (QED) is 0.259. The van der Waals surface area contributed by atoms with Crippen LogP contribution >= 0.6 is 0 Å². The molecule has 0 spiro atoms. The van der Waals surface area contributed by atoms with Crippen LogP contribution in [0.5, 0.6) is 0 Å². The minimum absolute atomic E-state index is 0.0775. The van der Waals surface area contributed by atoms with Crippen molar-refractivity contribution in [2.24, 2.45) is 0 Å². The molecule has 1 aromatic carbocycles. The number of piperidine rings is 1. The van der Waals surface area contributed by atoms with Crippen molar-refractivity contribution in [3.05, 3.63) is 65.0 Å². The second kappa shape index (κ2) is 11.6. The fraction of sp³-hybridized carbons (Fsp3) is 0.452. The first-order chi connectivity index (χ1) is 20.3.